The fraction of sp³-hybridized carbons (Fsp3) is 0.746. The lowest BCUT2D eigenvalue weighted by Gasteiger charge is -2.73. The summed E-state index contributed by atoms with van der Waals surface area (Å²) in [5, 5.41) is 14.3. The van der Waals surface area contributed by atoms with Crippen molar-refractivity contribution in [1.29, 1.82) is 0 Å². The van der Waals surface area contributed by atoms with Gasteiger partial charge in [0.2, 0.25) is 0 Å². The van der Waals surface area contributed by atoms with Crippen molar-refractivity contribution in [3.63, 3.8) is 0 Å². The number of ether oxygens (including phenoxy) is 2. The van der Waals surface area contributed by atoms with E-state index < -0.39 is 16.4 Å². The number of aliphatic hydroxyl groups is 1. The zero-order valence-corrected chi connectivity index (χ0v) is 42.6. The SMILES string of the molecule is CC1CC2=C3C4C5=C6C(C=CC(C7CCCC7)CC7C68C(=O)OC(=C(O)C6CC9CCC%10(CCC%11(CCCC%11)C%10)C6N6CC%10CC(CN3C%10CC2)C96)C8(CC5)C72OC(=O)c3c(CCCN)cccc32)CC14. The van der Waals surface area contributed by atoms with Crippen LogP contribution in [0.3, 0.4) is 0 Å². The summed E-state index contributed by atoms with van der Waals surface area (Å²) in [5.41, 5.74) is 12.6. The highest BCUT2D eigenvalue weighted by atomic mass is 16.6. The van der Waals surface area contributed by atoms with Crippen LogP contribution in [0.25, 0.3) is 0 Å². The molecule has 18 rings (SSSR count). The highest BCUT2D eigenvalue weighted by Crippen LogP contribution is 2.88. The number of nitrogens with zero attached hydrogens (tertiary/aromatic N) is 2. The van der Waals surface area contributed by atoms with Crippen LogP contribution < -0.4 is 5.73 Å². The highest BCUT2D eigenvalue weighted by molar-refractivity contribution is 6.00. The zero-order valence-electron chi connectivity index (χ0n) is 42.6. The molecule has 5 spiro atoms. The Bertz CT molecular complexity index is 2700. The van der Waals surface area contributed by atoms with Gasteiger partial charge in [0.15, 0.2) is 11.4 Å². The van der Waals surface area contributed by atoms with Crippen LogP contribution in [0.4, 0.5) is 0 Å². The van der Waals surface area contributed by atoms with Gasteiger partial charge in [-0.2, -0.15) is 0 Å². The molecule has 17 unspecified atom stereocenters. The molecule has 1 aromatic rings. The van der Waals surface area contributed by atoms with E-state index in [1.165, 1.54) is 121 Å². The minimum absolute atomic E-state index is 0.114. The van der Waals surface area contributed by atoms with Gasteiger partial charge in [0.05, 0.1) is 11.0 Å². The lowest BCUT2D eigenvalue weighted by molar-refractivity contribution is -0.282. The normalized spacial score (nSPS) is 48.8. The van der Waals surface area contributed by atoms with Crippen LogP contribution in [0.2, 0.25) is 0 Å². The topological polar surface area (TPSA) is 105 Å². The fourth-order valence-corrected chi connectivity index (χ4v) is 24.2. The van der Waals surface area contributed by atoms with Gasteiger partial charge in [0.25, 0.3) is 0 Å². The van der Waals surface area contributed by atoms with E-state index in [2.05, 4.69) is 47.1 Å². The monoisotopic (exact) mass is 958 g/mol. The van der Waals surface area contributed by atoms with Crippen LogP contribution in [0.5, 0.6) is 0 Å². The number of hydrogen-bond acceptors (Lipinski definition) is 8. The molecule has 8 aliphatic heterocycles. The van der Waals surface area contributed by atoms with Crippen molar-refractivity contribution in [2.75, 3.05) is 19.6 Å². The van der Waals surface area contributed by atoms with Crippen molar-refractivity contribution in [2.24, 2.45) is 92.5 Å². The number of rotatable bonds is 4. The van der Waals surface area contributed by atoms with Gasteiger partial charge in [-0.05, 0) is 204 Å². The first kappa shape index (κ1) is 42.9. The van der Waals surface area contributed by atoms with Gasteiger partial charge in [0.1, 0.15) is 11.2 Å². The molecule has 5 saturated carbocycles. The van der Waals surface area contributed by atoms with Gasteiger partial charge in [-0.1, -0.05) is 74.1 Å². The molecule has 5 saturated heterocycles. The highest BCUT2D eigenvalue weighted by Gasteiger charge is 2.94. The third-order valence-corrected chi connectivity index (χ3v) is 26.1. The van der Waals surface area contributed by atoms with Gasteiger partial charge in [0, 0.05) is 60.2 Å². The predicted octanol–water partition coefficient (Wildman–Crippen LogP) is 11.6. The number of fused-ring (bicyclic) bond motifs is 7. The fourth-order valence-electron chi connectivity index (χ4n) is 24.2. The summed E-state index contributed by atoms with van der Waals surface area (Å²) in [6.45, 7) is 5.47. The first-order valence-electron chi connectivity index (χ1n) is 30.0. The summed E-state index contributed by atoms with van der Waals surface area (Å²) in [7, 11) is 0. The average molecular weight is 958 g/mol. The summed E-state index contributed by atoms with van der Waals surface area (Å²) in [6, 6.07) is 7.82. The molecule has 0 radical (unpaired) electrons. The second-order valence-corrected chi connectivity index (χ2v) is 28.2. The van der Waals surface area contributed by atoms with Crippen LogP contribution in [0.15, 0.2) is 64.3 Å². The number of nitrogens with two attached hydrogens (primary N) is 1. The van der Waals surface area contributed by atoms with Gasteiger partial charge in [-0.3, -0.25) is 9.69 Å². The molecule has 0 amide bonds. The number of piperidine rings is 3. The summed E-state index contributed by atoms with van der Waals surface area (Å²) < 4.78 is 14.9. The second kappa shape index (κ2) is 14.3. The largest absolute Gasteiger partial charge is 0.508 e. The summed E-state index contributed by atoms with van der Waals surface area (Å²) in [4.78, 5) is 38.3. The standard InChI is InChI=1S/C63H79N3O5/c1-34-26-39-15-16-47-41-27-42-32-65(47)53(39)50-43-18-22-61-56(54(67)45-29-40-17-21-60(55(45)66(31-41)52(40)42)24-23-59(33-60)19-4-5-20-59)70-58(69)62(61)48(63(61)46-12-6-10-36(11-7-25-64)49(46)57(68)71-63)30-37(35-8-2-3-9-35)13-14-38(51(43)62)28-44(34)50/h6,10,12-14,34-35,37-38,40-42,44-45,47-48,50,52,55,67H,2-5,7-9,11,15-33,64H2,1H3. The Morgan fingerprint density at radius 1 is 0.859 bits per heavy atom. The molecule has 9 bridgehead atoms. The number of esters is 2. The third-order valence-electron chi connectivity index (χ3n) is 26.1. The lowest BCUT2D eigenvalue weighted by atomic mass is 9.27. The Kier molecular flexibility index (Phi) is 8.66. The Hall–Kier alpha value is -3.36. The number of carbonyl (C=O) groups excluding carboxylic acids is 2. The Labute approximate surface area is 422 Å². The molecule has 8 nitrogen and oxygen atoms in total. The molecule has 376 valence electrons. The maximum absolute atomic E-state index is 16.7. The maximum atomic E-state index is 16.7. The minimum Gasteiger partial charge on any atom is -0.508 e. The minimum atomic E-state index is -1.13. The maximum Gasteiger partial charge on any atom is 0.339 e. The molecule has 3 N–H and O–H groups in total. The number of aliphatic hydroxyl groups excluding tert-OH is 1. The molecule has 17 atom stereocenters. The van der Waals surface area contributed by atoms with E-state index in [-0.39, 0.29) is 47.1 Å². The molecule has 71 heavy (non-hydrogen) atoms. The lowest BCUT2D eigenvalue weighted by Crippen LogP contribution is -2.78. The first-order valence-corrected chi connectivity index (χ1v) is 30.0. The van der Waals surface area contributed by atoms with Crippen molar-refractivity contribution in [3.8, 4) is 0 Å². The van der Waals surface area contributed by atoms with E-state index in [0.29, 0.717) is 95.4 Å². The van der Waals surface area contributed by atoms with E-state index in [1.54, 1.807) is 16.8 Å². The van der Waals surface area contributed by atoms with E-state index >= 15 is 9.59 Å². The van der Waals surface area contributed by atoms with Crippen LogP contribution in [-0.4, -0.2) is 64.6 Å². The van der Waals surface area contributed by atoms with Crippen molar-refractivity contribution >= 4 is 11.9 Å². The number of benzene rings is 1. The Balaban J connectivity index is 0.972. The van der Waals surface area contributed by atoms with Crippen molar-refractivity contribution in [1.82, 2.24) is 9.80 Å². The number of allylic oxidation sites excluding steroid dienone is 4. The smallest absolute Gasteiger partial charge is 0.339 e. The molecule has 17 aliphatic rings. The number of carbonyl (C=O) groups is 2. The molecule has 10 fully saturated rings. The molecule has 8 heterocycles. The van der Waals surface area contributed by atoms with Gasteiger partial charge in [-0.25, -0.2) is 4.79 Å². The molecule has 8 heteroatoms. The Morgan fingerprint density at radius 3 is 2.59 bits per heavy atom. The van der Waals surface area contributed by atoms with E-state index in [9.17, 15) is 5.11 Å². The Morgan fingerprint density at radius 2 is 1.73 bits per heavy atom. The van der Waals surface area contributed by atoms with Crippen LogP contribution >= 0.6 is 0 Å². The first-order chi connectivity index (χ1) is 34.7. The number of hydrogen-bond donors (Lipinski definition) is 2. The summed E-state index contributed by atoms with van der Waals surface area (Å²) in [6.07, 6.45) is 33.0. The molecule has 9 aliphatic carbocycles. The molecular weight excluding hydrogens is 879 g/mol. The quantitative estimate of drug-likeness (QED) is 0.227. The molecular formula is C63H79N3O5. The zero-order chi connectivity index (χ0) is 47.1. The van der Waals surface area contributed by atoms with Gasteiger partial charge < -0.3 is 25.2 Å². The van der Waals surface area contributed by atoms with Crippen LogP contribution in [0, 0.1) is 86.8 Å². The van der Waals surface area contributed by atoms with Crippen molar-refractivity contribution < 1.29 is 24.2 Å². The van der Waals surface area contributed by atoms with Crippen molar-refractivity contribution in [2.45, 2.75) is 185 Å². The van der Waals surface area contributed by atoms with E-state index in [0.717, 1.165) is 49.8 Å². The molecule has 1 aromatic carbocycles. The third kappa shape index (κ3) is 4.89. The van der Waals surface area contributed by atoms with Gasteiger partial charge in [-0.15, -0.1) is 0 Å². The molecule has 0 aromatic heterocycles. The van der Waals surface area contributed by atoms with Crippen LogP contribution in [0.1, 0.15) is 176 Å². The van der Waals surface area contributed by atoms with E-state index in [4.69, 9.17) is 15.2 Å². The number of aryl methyl sites for hydroxylation is 1. The summed E-state index contributed by atoms with van der Waals surface area (Å²) >= 11 is 0. The second-order valence-electron chi connectivity index (χ2n) is 28.2. The van der Waals surface area contributed by atoms with E-state index in [1.807, 2.05) is 0 Å². The predicted molar refractivity (Wildman–Crippen MR) is 270 cm³/mol. The average Bonchev–Trinajstić information content (AvgIpc) is 4.34. The van der Waals surface area contributed by atoms with Gasteiger partial charge >= 0.3 is 11.9 Å². The van der Waals surface area contributed by atoms with Crippen molar-refractivity contribution in [3.05, 3.63) is 81.0 Å². The van der Waals surface area contributed by atoms with Crippen LogP contribution in [-0.2, 0) is 26.3 Å². The summed E-state index contributed by atoms with van der Waals surface area (Å²) in [5.74, 6) is 4.28.